The van der Waals surface area contributed by atoms with Crippen molar-refractivity contribution in [1.82, 2.24) is 10.3 Å². The van der Waals surface area contributed by atoms with Gasteiger partial charge in [-0.3, -0.25) is 4.79 Å². The third kappa shape index (κ3) is 2.92. The molecule has 2 atom stereocenters. The van der Waals surface area contributed by atoms with Crippen molar-refractivity contribution < 1.29 is 4.79 Å². The number of aromatic nitrogens is 1. The molecular weight excluding hydrogens is 284 g/mol. The summed E-state index contributed by atoms with van der Waals surface area (Å²) in [7, 11) is 0. The Morgan fingerprint density at radius 1 is 1.35 bits per heavy atom. The number of benzene rings is 1. The van der Waals surface area contributed by atoms with Crippen LogP contribution in [0.4, 0.5) is 0 Å². The summed E-state index contributed by atoms with van der Waals surface area (Å²) >= 11 is 0. The summed E-state index contributed by atoms with van der Waals surface area (Å²) in [5.74, 6) is 0.663. The molecule has 2 aliphatic carbocycles. The molecule has 2 aromatic rings. The molecule has 0 saturated carbocycles. The highest BCUT2D eigenvalue weighted by Gasteiger charge is 2.24. The van der Waals surface area contributed by atoms with Crippen LogP contribution in [0.3, 0.4) is 0 Å². The SMILES string of the molecule is Cc1ccc2[nH]c3c(c2c1)CC(NC(=O)CC1C=CCC1)CC3. The largest absolute Gasteiger partial charge is 0.358 e. The number of hydrogen-bond acceptors (Lipinski definition) is 1. The van der Waals surface area contributed by atoms with Crippen LogP contribution >= 0.6 is 0 Å². The van der Waals surface area contributed by atoms with Crippen molar-refractivity contribution in [2.75, 3.05) is 0 Å². The third-order valence-corrected chi connectivity index (χ3v) is 5.27. The second kappa shape index (κ2) is 5.88. The minimum Gasteiger partial charge on any atom is -0.358 e. The Kier molecular flexibility index (Phi) is 3.72. The summed E-state index contributed by atoms with van der Waals surface area (Å²) in [6.45, 7) is 2.13. The number of fused-ring (bicyclic) bond motifs is 3. The molecule has 1 amide bonds. The fraction of sp³-hybridized carbons (Fsp3) is 0.450. The molecule has 23 heavy (non-hydrogen) atoms. The van der Waals surface area contributed by atoms with Crippen LogP contribution in [0, 0.1) is 12.8 Å². The van der Waals surface area contributed by atoms with E-state index in [1.165, 1.54) is 27.7 Å². The zero-order valence-corrected chi connectivity index (χ0v) is 13.7. The van der Waals surface area contributed by atoms with Crippen LogP contribution in [0.2, 0.25) is 0 Å². The van der Waals surface area contributed by atoms with E-state index in [-0.39, 0.29) is 11.9 Å². The number of rotatable bonds is 3. The van der Waals surface area contributed by atoms with Crippen molar-refractivity contribution in [3.05, 3.63) is 47.2 Å². The van der Waals surface area contributed by atoms with Gasteiger partial charge in [0.1, 0.15) is 0 Å². The fourth-order valence-electron chi connectivity index (χ4n) is 4.04. The predicted octanol–water partition coefficient (Wildman–Crippen LogP) is 3.81. The molecule has 0 aliphatic heterocycles. The average molecular weight is 308 g/mol. The van der Waals surface area contributed by atoms with Crippen LogP contribution in [0.5, 0.6) is 0 Å². The molecule has 2 aliphatic rings. The fourth-order valence-corrected chi connectivity index (χ4v) is 4.04. The number of allylic oxidation sites excluding steroid dienone is 2. The molecule has 1 heterocycles. The summed E-state index contributed by atoms with van der Waals surface area (Å²) in [6.07, 6.45) is 10.3. The zero-order chi connectivity index (χ0) is 15.8. The minimum absolute atomic E-state index is 0.214. The molecule has 0 fully saturated rings. The topological polar surface area (TPSA) is 44.9 Å². The second-order valence-electron chi connectivity index (χ2n) is 7.11. The molecular formula is C20H24N2O. The van der Waals surface area contributed by atoms with Crippen LogP contribution in [-0.2, 0) is 17.6 Å². The van der Waals surface area contributed by atoms with Crippen molar-refractivity contribution in [3.63, 3.8) is 0 Å². The van der Waals surface area contributed by atoms with Crippen molar-refractivity contribution >= 4 is 16.8 Å². The Labute approximate surface area is 137 Å². The van der Waals surface area contributed by atoms with Crippen LogP contribution in [-0.4, -0.2) is 16.9 Å². The highest BCUT2D eigenvalue weighted by Crippen LogP contribution is 2.30. The lowest BCUT2D eigenvalue weighted by Crippen LogP contribution is -2.39. The van der Waals surface area contributed by atoms with Crippen molar-refractivity contribution in [2.24, 2.45) is 5.92 Å². The van der Waals surface area contributed by atoms with Gasteiger partial charge >= 0.3 is 0 Å². The van der Waals surface area contributed by atoms with Gasteiger partial charge in [-0.15, -0.1) is 0 Å². The number of nitrogens with one attached hydrogen (secondary N) is 2. The highest BCUT2D eigenvalue weighted by atomic mass is 16.1. The maximum Gasteiger partial charge on any atom is 0.220 e. The van der Waals surface area contributed by atoms with Crippen LogP contribution in [0.25, 0.3) is 10.9 Å². The monoisotopic (exact) mass is 308 g/mol. The summed E-state index contributed by atoms with van der Waals surface area (Å²) in [6, 6.07) is 6.86. The number of aromatic amines is 1. The molecule has 2 unspecified atom stereocenters. The number of carbonyl (C=O) groups excluding carboxylic acids is 1. The standard InChI is InChI=1S/C20H24N2O/c1-13-6-8-18-16(10-13)17-12-15(7-9-19(17)22-18)21-20(23)11-14-4-2-3-5-14/h2,4,6,8,10,14-15,22H,3,5,7,9,11-12H2,1H3,(H,21,23). The first-order chi connectivity index (χ1) is 11.2. The van der Waals surface area contributed by atoms with Gasteiger partial charge in [-0.1, -0.05) is 23.8 Å². The molecule has 0 saturated heterocycles. The molecule has 0 spiro atoms. The highest BCUT2D eigenvalue weighted by molar-refractivity contribution is 5.86. The number of amides is 1. The van der Waals surface area contributed by atoms with Crippen LogP contribution < -0.4 is 5.32 Å². The predicted molar refractivity (Wildman–Crippen MR) is 93.5 cm³/mol. The van der Waals surface area contributed by atoms with E-state index in [0.29, 0.717) is 12.3 Å². The van der Waals surface area contributed by atoms with Gasteiger partial charge in [0.25, 0.3) is 0 Å². The molecule has 120 valence electrons. The second-order valence-corrected chi connectivity index (χ2v) is 7.11. The lowest BCUT2D eigenvalue weighted by Gasteiger charge is -2.24. The lowest BCUT2D eigenvalue weighted by molar-refractivity contribution is -0.122. The molecule has 0 bridgehead atoms. The van der Waals surface area contributed by atoms with E-state index in [4.69, 9.17) is 0 Å². The molecule has 3 heteroatoms. The zero-order valence-electron chi connectivity index (χ0n) is 13.7. The molecule has 0 radical (unpaired) electrons. The first kappa shape index (κ1) is 14.6. The molecule has 1 aromatic carbocycles. The number of hydrogen-bond donors (Lipinski definition) is 2. The maximum absolute atomic E-state index is 12.3. The summed E-state index contributed by atoms with van der Waals surface area (Å²) in [5.41, 5.74) is 5.28. The van der Waals surface area contributed by atoms with Gasteiger partial charge in [0.05, 0.1) is 0 Å². The number of H-pyrrole nitrogens is 1. The van der Waals surface area contributed by atoms with Crippen molar-refractivity contribution in [3.8, 4) is 0 Å². The number of aryl methyl sites for hydroxylation is 2. The Morgan fingerprint density at radius 2 is 2.26 bits per heavy atom. The number of carbonyl (C=O) groups is 1. The summed E-state index contributed by atoms with van der Waals surface area (Å²) in [5, 5.41) is 4.60. The third-order valence-electron chi connectivity index (χ3n) is 5.27. The van der Waals surface area contributed by atoms with Crippen LogP contribution in [0.1, 0.15) is 42.5 Å². The Balaban J connectivity index is 1.47. The Bertz CT molecular complexity index is 771. The van der Waals surface area contributed by atoms with Gasteiger partial charge in [-0.25, -0.2) is 0 Å². The Morgan fingerprint density at radius 3 is 3.09 bits per heavy atom. The average Bonchev–Trinajstić information content (AvgIpc) is 3.14. The molecule has 2 N–H and O–H groups in total. The summed E-state index contributed by atoms with van der Waals surface area (Å²) in [4.78, 5) is 15.8. The van der Waals surface area contributed by atoms with E-state index in [1.807, 2.05) is 0 Å². The van der Waals surface area contributed by atoms with E-state index in [9.17, 15) is 4.79 Å². The van der Waals surface area contributed by atoms with Gasteiger partial charge in [-0.2, -0.15) is 0 Å². The summed E-state index contributed by atoms with van der Waals surface area (Å²) < 4.78 is 0. The molecule has 4 rings (SSSR count). The van der Waals surface area contributed by atoms with E-state index >= 15 is 0 Å². The van der Waals surface area contributed by atoms with E-state index < -0.39 is 0 Å². The van der Waals surface area contributed by atoms with E-state index in [1.54, 1.807) is 0 Å². The first-order valence-corrected chi connectivity index (χ1v) is 8.75. The lowest BCUT2D eigenvalue weighted by atomic mass is 9.91. The first-order valence-electron chi connectivity index (χ1n) is 8.75. The molecule has 1 aromatic heterocycles. The van der Waals surface area contributed by atoms with Crippen molar-refractivity contribution in [2.45, 2.75) is 51.5 Å². The van der Waals surface area contributed by atoms with Gasteiger partial charge in [0.2, 0.25) is 5.91 Å². The Hall–Kier alpha value is -2.03. The van der Waals surface area contributed by atoms with E-state index in [0.717, 1.165) is 32.1 Å². The van der Waals surface area contributed by atoms with E-state index in [2.05, 4.69) is 47.6 Å². The smallest absolute Gasteiger partial charge is 0.220 e. The van der Waals surface area contributed by atoms with Gasteiger partial charge in [0, 0.05) is 29.1 Å². The maximum atomic E-state index is 12.3. The van der Waals surface area contributed by atoms with Gasteiger partial charge in [0.15, 0.2) is 0 Å². The van der Waals surface area contributed by atoms with Crippen molar-refractivity contribution in [1.29, 1.82) is 0 Å². The van der Waals surface area contributed by atoms with Crippen LogP contribution in [0.15, 0.2) is 30.4 Å². The van der Waals surface area contributed by atoms with Gasteiger partial charge < -0.3 is 10.3 Å². The molecule has 3 nitrogen and oxygen atoms in total. The normalized spacial score (nSPS) is 23.2. The van der Waals surface area contributed by atoms with Gasteiger partial charge in [-0.05, 0) is 62.6 Å². The quantitative estimate of drug-likeness (QED) is 0.832. The minimum atomic E-state index is 0.214.